The molecule has 1 aliphatic carbocycles. The summed E-state index contributed by atoms with van der Waals surface area (Å²) in [6, 6.07) is 0. The third-order valence-electron chi connectivity index (χ3n) is 2.95. The van der Waals surface area contributed by atoms with E-state index >= 15 is 0 Å². The number of hydrogen-bond acceptors (Lipinski definition) is 0. The van der Waals surface area contributed by atoms with Crippen molar-refractivity contribution in [1.82, 2.24) is 0 Å². The maximum atomic E-state index is 3.74. The Balaban J connectivity index is 2.43. The first-order valence-corrected chi connectivity index (χ1v) is 11.2. The molecule has 11 heavy (non-hydrogen) atoms. The van der Waals surface area contributed by atoms with Gasteiger partial charge in [0.2, 0.25) is 0 Å². The first-order chi connectivity index (χ1) is 5.17. The van der Waals surface area contributed by atoms with Gasteiger partial charge in [-0.15, -0.1) is 0 Å². The zero-order chi connectivity index (χ0) is 8.32. The molecule has 1 fully saturated rings. The summed E-state index contributed by atoms with van der Waals surface area (Å²) in [6.07, 6.45) is 7.54. The zero-order valence-corrected chi connectivity index (χ0v) is 10.6. The molecule has 1 rings (SSSR count). The highest BCUT2D eigenvalue weighted by atomic mass is 29.5. The van der Waals surface area contributed by atoms with Gasteiger partial charge in [0.05, 0.1) is 0 Å². The van der Waals surface area contributed by atoms with Crippen LogP contribution >= 0.6 is 0 Å². The Morgan fingerprint density at radius 2 is 1.73 bits per heavy atom. The van der Waals surface area contributed by atoms with Gasteiger partial charge in [-0.2, -0.15) is 0 Å². The van der Waals surface area contributed by atoms with Gasteiger partial charge in [0.15, 0.2) is 0 Å². The summed E-state index contributed by atoms with van der Waals surface area (Å²) in [6.45, 7) is 5.07. The molecule has 0 aliphatic heterocycles. The first-order valence-electron chi connectivity index (χ1n) is 4.61. The van der Waals surface area contributed by atoms with Crippen LogP contribution in [0.2, 0.25) is 18.6 Å². The van der Waals surface area contributed by atoms with E-state index < -0.39 is 7.59 Å². The van der Waals surface area contributed by atoms with Crippen LogP contribution in [0, 0.1) is 0 Å². The van der Waals surface area contributed by atoms with Crippen LogP contribution in [0.5, 0.6) is 0 Å². The third-order valence-corrected chi connectivity index (χ3v) is 15.2. The fourth-order valence-electron chi connectivity index (χ4n) is 1.93. The fourth-order valence-corrected chi connectivity index (χ4v) is 7.30. The van der Waals surface area contributed by atoms with Crippen molar-refractivity contribution < 1.29 is 0 Å². The lowest BCUT2D eigenvalue weighted by Crippen LogP contribution is -2.41. The van der Waals surface area contributed by atoms with Crippen LogP contribution in [0.1, 0.15) is 32.1 Å². The highest BCUT2D eigenvalue weighted by Gasteiger charge is 2.30. The van der Waals surface area contributed by atoms with Crippen molar-refractivity contribution in [3.8, 4) is 0 Å². The van der Waals surface area contributed by atoms with Crippen molar-refractivity contribution in [1.29, 1.82) is 0 Å². The molecule has 61 valence electrons. The summed E-state index contributed by atoms with van der Waals surface area (Å²) in [7, 11) is 3.97. The Labute approximate surface area is 77.0 Å². The van der Waals surface area contributed by atoms with Gasteiger partial charge in [0, 0.05) is 25.9 Å². The van der Waals surface area contributed by atoms with E-state index in [2.05, 4.69) is 22.9 Å². The van der Waals surface area contributed by atoms with Gasteiger partial charge >= 0.3 is 0 Å². The Hall–Kier alpha value is 0.651. The molecule has 0 bridgehead atoms. The Morgan fingerprint density at radius 3 is 2.18 bits per heavy atom. The van der Waals surface area contributed by atoms with Crippen LogP contribution in [0.15, 0.2) is 0 Å². The van der Waals surface area contributed by atoms with Crippen LogP contribution in [0.4, 0.5) is 0 Å². The second-order valence-corrected chi connectivity index (χ2v) is 15.6. The lowest BCUT2D eigenvalue weighted by Gasteiger charge is -2.34. The van der Waals surface area contributed by atoms with Crippen molar-refractivity contribution in [2.45, 2.75) is 50.7 Å². The quantitative estimate of drug-likeness (QED) is 0.596. The zero-order valence-electron chi connectivity index (χ0n) is 7.61. The Kier molecular flexibility index (Phi) is 3.58. The standard InChI is InChI=1S/C8H17Si3/c1-11(2,10-9)8-6-4-3-5-7-8/h8H,3-7H2,1-2H3. The van der Waals surface area contributed by atoms with Crippen molar-refractivity contribution in [2.24, 2.45) is 0 Å². The van der Waals surface area contributed by atoms with Crippen molar-refractivity contribution in [3.05, 3.63) is 0 Å². The smallest absolute Gasteiger partial charge is 0.0350 e. The molecule has 5 radical (unpaired) electrons. The normalized spacial score (nSPS) is 22.1. The highest BCUT2D eigenvalue weighted by molar-refractivity contribution is 7.39. The minimum absolute atomic E-state index is 0.835. The first kappa shape index (κ1) is 9.74. The maximum Gasteiger partial charge on any atom is 0.0350 e. The molecule has 1 aliphatic rings. The van der Waals surface area contributed by atoms with E-state index in [-0.39, 0.29) is 0 Å². The predicted octanol–water partition coefficient (Wildman–Crippen LogP) is 2.31. The number of hydrogen-bond donors (Lipinski definition) is 0. The maximum absolute atomic E-state index is 3.74. The van der Waals surface area contributed by atoms with Gasteiger partial charge in [-0.1, -0.05) is 45.2 Å². The van der Waals surface area contributed by atoms with Gasteiger partial charge in [-0.05, 0) is 5.54 Å². The monoisotopic (exact) mass is 197 g/mol. The second-order valence-electron chi connectivity index (χ2n) is 4.18. The minimum atomic E-state index is -0.835. The summed E-state index contributed by atoms with van der Waals surface area (Å²) < 4.78 is 0. The average Bonchev–Trinajstić information content (AvgIpc) is 2.06. The van der Waals surface area contributed by atoms with Gasteiger partial charge in [0.1, 0.15) is 0 Å². The van der Waals surface area contributed by atoms with Crippen LogP contribution in [0.25, 0.3) is 0 Å². The van der Waals surface area contributed by atoms with E-state index in [4.69, 9.17) is 0 Å². The molecule has 0 aromatic heterocycles. The lowest BCUT2D eigenvalue weighted by molar-refractivity contribution is 0.495. The second kappa shape index (κ2) is 4.05. The minimum Gasteiger partial charge on any atom is -0.0717 e. The molecule has 0 unspecified atom stereocenters. The molecule has 0 atom stereocenters. The SMILES string of the molecule is C[Si](C)([Si][Si])C1CCCCC1. The van der Waals surface area contributed by atoms with Gasteiger partial charge < -0.3 is 0 Å². The summed E-state index contributed by atoms with van der Waals surface area (Å²) >= 11 is 0. The van der Waals surface area contributed by atoms with Crippen molar-refractivity contribution >= 4 is 25.9 Å². The number of rotatable bonds is 2. The topological polar surface area (TPSA) is 0 Å². The molecule has 0 N–H and O–H groups in total. The highest BCUT2D eigenvalue weighted by Crippen LogP contribution is 2.35. The van der Waals surface area contributed by atoms with Gasteiger partial charge in [-0.25, -0.2) is 0 Å². The average molecular weight is 197 g/mol. The van der Waals surface area contributed by atoms with E-state index in [1.165, 1.54) is 32.1 Å². The molecule has 0 aromatic carbocycles. The molecule has 0 saturated heterocycles. The largest absolute Gasteiger partial charge is 0.0717 e. The van der Waals surface area contributed by atoms with Crippen molar-refractivity contribution in [3.63, 3.8) is 0 Å². The Bertz CT molecular complexity index is 117. The van der Waals surface area contributed by atoms with E-state index in [0.29, 0.717) is 0 Å². The lowest BCUT2D eigenvalue weighted by atomic mass is 10.0. The van der Waals surface area contributed by atoms with Crippen LogP contribution in [-0.2, 0) is 0 Å². The molecule has 0 nitrogen and oxygen atoms in total. The van der Waals surface area contributed by atoms with Gasteiger partial charge in [-0.3, -0.25) is 0 Å². The van der Waals surface area contributed by atoms with Crippen molar-refractivity contribution in [2.75, 3.05) is 0 Å². The molecule has 0 spiro atoms. The summed E-state index contributed by atoms with van der Waals surface area (Å²) in [4.78, 5) is 0. The molecule has 3 heteroatoms. The van der Waals surface area contributed by atoms with Gasteiger partial charge in [0.25, 0.3) is 0 Å². The Morgan fingerprint density at radius 1 is 1.18 bits per heavy atom. The van der Waals surface area contributed by atoms with Crippen LogP contribution < -0.4 is 0 Å². The molecular formula is C8H17Si3. The summed E-state index contributed by atoms with van der Waals surface area (Å²) in [5.41, 5.74) is 1.12. The molecule has 0 heterocycles. The van der Waals surface area contributed by atoms with E-state index in [1.807, 2.05) is 0 Å². The molecule has 1 saturated carbocycles. The molecule has 0 amide bonds. The summed E-state index contributed by atoms with van der Waals surface area (Å²) in [5.74, 6) is 0. The summed E-state index contributed by atoms with van der Waals surface area (Å²) in [5, 5.41) is 0. The van der Waals surface area contributed by atoms with Crippen LogP contribution in [-0.4, -0.2) is 25.9 Å². The van der Waals surface area contributed by atoms with E-state index in [0.717, 1.165) is 14.1 Å². The fraction of sp³-hybridized carbons (Fsp3) is 1.00. The molecule has 0 aromatic rings. The third kappa shape index (κ3) is 2.56. The predicted molar refractivity (Wildman–Crippen MR) is 55.8 cm³/mol. The van der Waals surface area contributed by atoms with E-state index in [1.54, 1.807) is 0 Å². The molecular weight excluding hydrogens is 180 g/mol. The van der Waals surface area contributed by atoms with E-state index in [9.17, 15) is 0 Å². The van der Waals surface area contributed by atoms with Crippen LogP contribution in [0.3, 0.4) is 0 Å².